The molecule has 8 nitrogen and oxygen atoms in total. The van der Waals surface area contributed by atoms with E-state index in [1.54, 1.807) is 0 Å². The lowest BCUT2D eigenvalue weighted by Crippen LogP contribution is -2.02. The monoisotopic (exact) mass is 1100 g/mol. The SMILES string of the molecule is CCCCCCCCCCCCOc1ccc2cc1-c1cc(ccc1OCCCCCCCCCCCC)N=Nc1ccc(OCCCCCCCCCCCC)c(c1)-c1cc(ccc1OCCCCCCCCCCCC)N=N2. The first kappa shape index (κ1) is 66.1. The molecule has 0 atom stereocenters. The fraction of sp³-hybridized carbons (Fsp3) is 0.667. The molecule has 0 saturated carbocycles. The zero-order valence-corrected chi connectivity index (χ0v) is 51.5. The van der Waals surface area contributed by atoms with Crippen molar-refractivity contribution in [1.29, 1.82) is 0 Å². The maximum atomic E-state index is 6.69. The molecule has 0 unspecified atom stereocenters. The van der Waals surface area contributed by atoms with Gasteiger partial charge in [-0.15, -0.1) is 0 Å². The molecule has 0 amide bonds. The van der Waals surface area contributed by atoms with Gasteiger partial charge in [0.25, 0.3) is 0 Å². The van der Waals surface area contributed by atoms with Gasteiger partial charge in [0.2, 0.25) is 0 Å². The molecule has 5 rings (SSSR count). The van der Waals surface area contributed by atoms with E-state index >= 15 is 0 Å². The first-order chi connectivity index (χ1) is 39.6. The Morgan fingerprint density at radius 1 is 0.212 bits per heavy atom. The van der Waals surface area contributed by atoms with Crippen molar-refractivity contribution >= 4 is 22.7 Å². The highest BCUT2D eigenvalue weighted by atomic mass is 16.5. The summed E-state index contributed by atoms with van der Waals surface area (Å²) in [4.78, 5) is 0. The quantitative estimate of drug-likeness (QED) is 0.0363. The Balaban J connectivity index is 1.38. The molecule has 0 aliphatic carbocycles. The van der Waals surface area contributed by atoms with Crippen LogP contribution < -0.4 is 18.9 Å². The molecule has 444 valence electrons. The highest BCUT2D eigenvalue weighted by Gasteiger charge is 2.18. The molecule has 0 N–H and O–H groups in total. The minimum atomic E-state index is 0.649. The minimum Gasteiger partial charge on any atom is -0.493 e. The predicted octanol–water partition coefficient (Wildman–Crippen LogP) is 25.4. The third kappa shape index (κ3) is 27.8. The molecule has 0 fully saturated rings. The normalized spacial score (nSPS) is 11.8. The van der Waals surface area contributed by atoms with Gasteiger partial charge in [-0.2, -0.15) is 20.5 Å². The molecule has 1 aliphatic rings. The van der Waals surface area contributed by atoms with Crippen LogP contribution in [0.5, 0.6) is 23.0 Å². The molecule has 0 spiro atoms. The molecular weight excluding hydrogens is 985 g/mol. The van der Waals surface area contributed by atoms with E-state index in [0.717, 1.165) is 93.7 Å². The summed E-state index contributed by atoms with van der Waals surface area (Å²) < 4.78 is 26.8. The van der Waals surface area contributed by atoms with E-state index in [2.05, 4.69) is 76.2 Å². The Morgan fingerprint density at radius 2 is 0.375 bits per heavy atom. The number of nitrogens with zero attached hydrogens (tertiary/aromatic N) is 4. The fourth-order valence-electron chi connectivity index (χ4n) is 11.0. The highest BCUT2D eigenvalue weighted by Crippen LogP contribution is 2.44. The average molecular weight is 1100 g/mol. The molecular formula is C72H112N4O4. The third-order valence-corrected chi connectivity index (χ3v) is 16.0. The van der Waals surface area contributed by atoms with Crippen LogP contribution in [0, 0.1) is 0 Å². The highest BCUT2D eigenvalue weighted by molar-refractivity contribution is 5.82. The summed E-state index contributed by atoms with van der Waals surface area (Å²) in [5.41, 5.74) is 6.59. The number of azo groups is 2. The first-order valence-corrected chi connectivity index (χ1v) is 33.5. The first-order valence-electron chi connectivity index (χ1n) is 33.5. The van der Waals surface area contributed by atoms with Gasteiger partial charge < -0.3 is 18.9 Å². The van der Waals surface area contributed by atoms with E-state index in [9.17, 15) is 0 Å². The second-order valence-corrected chi connectivity index (χ2v) is 23.2. The standard InChI is InChI=1S/C72H112N4O4/c1-5-9-13-17-21-25-29-33-37-41-53-77-69-49-45-61-57-65(69)66-58-62(46-50-70(66)78-54-42-38-34-30-26-22-18-14-10-6-2)74-76-64-48-52-72(80-56-44-40-36-32-28-24-20-16-12-8-4)68(60-64)67-59-63(75-73-61)47-51-71(67)79-55-43-39-35-31-27-23-19-15-11-7-3/h45-52,57-60H,5-44,53-56H2,1-4H3. The van der Waals surface area contributed by atoms with Crippen LogP contribution in [0.25, 0.3) is 22.3 Å². The van der Waals surface area contributed by atoms with Gasteiger partial charge >= 0.3 is 0 Å². The van der Waals surface area contributed by atoms with Gasteiger partial charge in [-0.05, 0) is 98.5 Å². The van der Waals surface area contributed by atoms with Gasteiger partial charge in [0.05, 0.1) is 49.2 Å². The van der Waals surface area contributed by atoms with E-state index in [-0.39, 0.29) is 0 Å². The third-order valence-electron chi connectivity index (χ3n) is 16.0. The van der Waals surface area contributed by atoms with E-state index in [1.807, 2.05) is 24.3 Å². The van der Waals surface area contributed by atoms with Crippen molar-refractivity contribution in [2.24, 2.45) is 20.5 Å². The summed E-state index contributed by atoms with van der Waals surface area (Å²) in [6.07, 6.45) is 51.3. The van der Waals surface area contributed by atoms with Crippen molar-refractivity contribution in [3.63, 3.8) is 0 Å². The summed E-state index contributed by atoms with van der Waals surface area (Å²) in [6, 6.07) is 24.7. The van der Waals surface area contributed by atoms with Gasteiger partial charge in [-0.3, -0.25) is 0 Å². The Kier molecular flexibility index (Phi) is 36.3. The summed E-state index contributed by atoms with van der Waals surface area (Å²) >= 11 is 0. The van der Waals surface area contributed by atoms with Crippen molar-refractivity contribution < 1.29 is 18.9 Å². The molecule has 1 heterocycles. The van der Waals surface area contributed by atoms with Gasteiger partial charge in [-0.1, -0.05) is 259 Å². The van der Waals surface area contributed by atoms with Gasteiger partial charge in [0.15, 0.2) is 0 Å². The number of hydrogen-bond donors (Lipinski definition) is 0. The molecule has 0 aromatic heterocycles. The predicted molar refractivity (Wildman–Crippen MR) is 341 cm³/mol. The van der Waals surface area contributed by atoms with Crippen molar-refractivity contribution in [3.05, 3.63) is 72.8 Å². The van der Waals surface area contributed by atoms with Crippen LogP contribution >= 0.6 is 0 Å². The summed E-state index contributed by atoms with van der Waals surface area (Å²) in [6.45, 7) is 11.7. The van der Waals surface area contributed by atoms with Crippen LogP contribution in [0.15, 0.2) is 93.3 Å². The fourth-order valence-corrected chi connectivity index (χ4v) is 11.0. The number of hydrogen-bond acceptors (Lipinski definition) is 8. The summed E-state index contributed by atoms with van der Waals surface area (Å²) in [7, 11) is 0. The topological polar surface area (TPSA) is 86.4 Å². The zero-order valence-electron chi connectivity index (χ0n) is 51.5. The summed E-state index contributed by atoms with van der Waals surface area (Å²) in [5, 5.41) is 19.7. The van der Waals surface area contributed by atoms with Crippen LogP contribution in [-0.2, 0) is 0 Å². The van der Waals surface area contributed by atoms with Crippen LogP contribution in [0.2, 0.25) is 0 Å². The van der Waals surface area contributed by atoms with Crippen molar-refractivity contribution in [3.8, 4) is 45.3 Å². The van der Waals surface area contributed by atoms with E-state index in [1.165, 1.54) is 231 Å². The molecule has 80 heavy (non-hydrogen) atoms. The smallest absolute Gasteiger partial charge is 0.127 e. The summed E-state index contributed by atoms with van der Waals surface area (Å²) in [5.74, 6) is 3.23. The molecule has 1 aliphatic heterocycles. The maximum absolute atomic E-state index is 6.69. The second-order valence-electron chi connectivity index (χ2n) is 23.2. The number of unbranched alkanes of at least 4 members (excludes halogenated alkanes) is 36. The Hall–Kier alpha value is -4.72. The van der Waals surface area contributed by atoms with Crippen LogP contribution in [0.3, 0.4) is 0 Å². The average Bonchev–Trinajstić information content (AvgIpc) is 3.52. The second kappa shape index (κ2) is 43.9. The van der Waals surface area contributed by atoms with Crippen molar-refractivity contribution in [2.45, 2.75) is 285 Å². The molecule has 0 saturated heterocycles. The molecule has 0 radical (unpaired) electrons. The van der Waals surface area contributed by atoms with Gasteiger partial charge in [0.1, 0.15) is 23.0 Å². The lowest BCUT2D eigenvalue weighted by Gasteiger charge is -2.17. The molecule has 8 bridgehead atoms. The number of benzene rings is 4. The number of fused-ring (bicyclic) bond motifs is 10. The maximum Gasteiger partial charge on any atom is 0.127 e. The van der Waals surface area contributed by atoms with Crippen molar-refractivity contribution in [2.75, 3.05) is 26.4 Å². The lowest BCUT2D eigenvalue weighted by molar-refractivity contribution is 0.301. The van der Waals surface area contributed by atoms with Gasteiger partial charge in [-0.25, -0.2) is 0 Å². The Labute approximate surface area is 488 Å². The van der Waals surface area contributed by atoms with E-state index in [0.29, 0.717) is 26.4 Å². The number of ether oxygens (including phenoxy) is 4. The largest absolute Gasteiger partial charge is 0.493 e. The Morgan fingerprint density at radius 3 is 0.550 bits per heavy atom. The van der Waals surface area contributed by atoms with Crippen LogP contribution in [-0.4, -0.2) is 26.4 Å². The zero-order chi connectivity index (χ0) is 56.2. The van der Waals surface area contributed by atoms with Crippen LogP contribution in [0.4, 0.5) is 22.7 Å². The van der Waals surface area contributed by atoms with E-state index < -0.39 is 0 Å². The minimum absolute atomic E-state index is 0.649. The Bertz CT molecular complexity index is 1940. The molecule has 4 aromatic carbocycles. The molecule has 4 aromatic rings. The van der Waals surface area contributed by atoms with Crippen molar-refractivity contribution in [1.82, 2.24) is 0 Å². The molecule has 8 heteroatoms. The van der Waals surface area contributed by atoms with Gasteiger partial charge in [0, 0.05) is 22.3 Å². The number of rotatable bonds is 48. The lowest BCUT2D eigenvalue weighted by atomic mass is 10.0. The van der Waals surface area contributed by atoms with Crippen LogP contribution in [0.1, 0.15) is 285 Å². The van der Waals surface area contributed by atoms with E-state index in [4.69, 9.17) is 39.4 Å².